The van der Waals surface area contributed by atoms with Crippen molar-refractivity contribution >= 4 is 10.0 Å². The topological polar surface area (TPSA) is 92.4 Å². The van der Waals surface area contributed by atoms with Crippen LogP contribution in [0.4, 0.5) is 0 Å². The fraction of sp³-hybridized carbons (Fsp3) is 0.308. The van der Waals surface area contributed by atoms with Gasteiger partial charge in [0.1, 0.15) is 23.0 Å². The van der Waals surface area contributed by atoms with Crippen LogP contribution < -0.4 is 4.72 Å². The van der Waals surface area contributed by atoms with Crippen molar-refractivity contribution in [2.75, 3.05) is 6.54 Å². The molecule has 20 heavy (non-hydrogen) atoms. The Bertz CT molecular complexity index is 665. The van der Waals surface area contributed by atoms with E-state index in [0.29, 0.717) is 6.42 Å². The number of nitrogens with zero attached hydrogens (tertiary/aromatic N) is 1. The fourth-order valence-electron chi connectivity index (χ4n) is 1.83. The third kappa shape index (κ3) is 3.44. The number of hydrogen-bond acceptors (Lipinski definition) is 5. The second-order valence-corrected chi connectivity index (χ2v) is 6.03. The molecule has 6 nitrogen and oxygen atoms in total. The van der Waals surface area contributed by atoms with Gasteiger partial charge in [0.15, 0.2) is 0 Å². The van der Waals surface area contributed by atoms with Gasteiger partial charge in [-0.3, -0.25) is 4.98 Å². The normalized spacial score (nSPS) is 11.7. The number of aliphatic hydroxyl groups excluding tert-OH is 1. The average Bonchev–Trinajstić information content (AvgIpc) is 2.82. The van der Waals surface area contributed by atoms with E-state index < -0.39 is 10.0 Å². The number of sulfonamides is 1. The molecule has 0 spiro atoms. The molecule has 0 aliphatic rings. The summed E-state index contributed by atoms with van der Waals surface area (Å²) in [6.07, 6.45) is 3.90. The van der Waals surface area contributed by atoms with Crippen molar-refractivity contribution in [1.82, 2.24) is 9.71 Å². The summed E-state index contributed by atoms with van der Waals surface area (Å²) in [5.41, 5.74) is 1.00. The molecule has 0 radical (unpaired) electrons. The second-order valence-electron chi connectivity index (χ2n) is 4.29. The second kappa shape index (κ2) is 6.17. The van der Waals surface area contributed by atoms with Gasteiger partial charge in [-0.15, -0.1) is 0 Å². The van der Waals surface area contributed by atoms with Crippen molar-refractivity contribution in [2.45, 2.75) is 24.8 Å². The number of aromatic nitrogens is 1. The lowest BCUT2D eigenvalue weighted by molar-refractivity contribution is 0.244. The number of aryl methyl sites for hydroxylation is 1. The Labute approximate surface area is 117 Å². The average molecular weight is 296 g/mol. The number of nitrogens with one attached hydrogen (secondary N) is 1. The predicted molar refractivity (Wildman–Crippen MR) is 72.5 cm³/mol. The molecule has 0 aliphatic carbocycles. The molecule has 2 aromatic rings. The largest absolute Gasteiger partial charge is 0.462 e. The van der Waals surface area contributed by atoms with Gasteiger partial charge in [0.05, 0.1) is 0 Å². The van der Waals surface area contributed by atoms with Crippen LogP contribution in [0.5, 0.6) is 0 Å². The molecular formula is C13H16N2O4S. The highest BCUT2D eigenvalue weighted by Crippen LogP contribution is 2.19. The summed E-state index contributed by atoms with van der Waals surface area (Å²) in [4.78, 5) is 3.96. The van der Waals surface area contributed by atoms with Crippen molar-refractivity contribution in [2.24, 2.45) is 0 Å². The van der Waals surface area contributed by atoms with Gasteiger partial charge in [-0.05, 0) is 31.0 Å². The molecule has 2 aromatic heterocycles. The van der Waals surface area contributed by atoms with Gasteiger partial charge >= 0.3 is 0 Å². The molecule has 2 rings (SSSR count). The number of rotatable bonds is 6. The first-order valence-electron chi connectivity index (χ1n) is 6.11. The Kier molecular flexibility index (Phi) is 4.53. The van der Waals surface area contributed by atoms with E-state index in [1.807, 2.05) is 12.1 Å². The summed E-state index contributed by atoms with van der Waals surface area (Å²) in [5.74, 6) is 0.502. The Morgan fingerprint density at radius 3 is 2.65 bits per heavy atom. The highest BCUT2D eigenvalue weighted by Gasteiger charge is 2.20. The van der Waals surface area contributed by atoms with Crippen LogP contribution in [-0.4, -0.2) is 25.1 Å². The molecule has 0 saturated heterocycles. The molecule has 108 valence electrons. The quantitative estimate of drug-likeness (QED) is 0.829. The van der Waals surface area contributed by atoms with E-state index in [9.17, 15) is 8.42 Å². The molecule has 0 atom stereocenters. The summed E-state index contributed by atoms with van der Waals surface area (Å²) in [6, 6.07) is 5.01. The van der Waals surface area contributed by atoms with Gasteiger partial charge in [0, 0.05) is 25.0 Å². The van der Waals surface area contributed by atoms with Crippen molar-refractivity contribution in [3.8, 4) is 0 Å². The first-order valence-corrected chi connectivity index (χ1v) is 7.60. The lowest BCUT2D eigenvalue weighted by atomic mass is 10.2. The smallest absolute Gasteiger partial charge is 0.244 e. The van der Waals surface area contributed by atoms with Gasteiger partial charge in [0.25, 0.3) is 0 Å². The van der Waals surface area contributed by atoms with E-state index in [-0.39, 0.29) is 29.6 Å². The molecule has 0 amide bonds. The monoisotopic (exact) mass is 296 g/mol. The highest BCUT2D eigenvalue weighted by molar-refractivity contribution is 7.89. The standard InChI is InChI=1S/C13H16N2O4S/c1-10-13(8-12(9-16)19-10)20(17,18)15-7-4-11-2-5-14-6-3-11/h2-3,5-6,8,15-16H,4,7,9H2,1H3. The molecule has 0 aliphatic heterocycles. The van der Waals surface area contributed by atoms with Crippen LogP contribution in [0, 0.1) is 6.92 Å². The number of pyridine rings is 1. The van der Waals surface area contributed by atoms with Crippen molar-refractivity contribution < 1.29 is 17.9 Å². The van der Waals surface area contributed by atoms with Gasteiger partial charge in [-0.25, -0.2) is 13.1 Å². The SMILES string of the molecule is Cc1oc(CO)cc1S(=O)(=O)NCCc1ccncc1. The van der Waals surface area contributed by atoms with E-state index in [4.69, 9.17) is 9.52 Å². The zero-order valence-corrected chi connectivity index (χ0v) is 11.9. The van der Waals surface area contributed by atoms with Gasteiger partial charge in [-0.2, -0.15) is 0 Å². The minimum atomic E-state index is -3.62. The minimum absolute atomic E-state index is 0.0660. The first-order chi connectivity index (χ1) is 9.53. The van der Waals surface area contributed by atoms with Crippen LogP contribution in [0.2, 0.25) is 0 Å². The summed E-state index contributed by atoms with van der Waals surface area (Å²) in [7, 11) is -3.62. The number of hydrogen-bond donors (Lipinski definition) is 2. The van der Waals surface area contributed by atoms with Crippen LogP contribution in [0.1, 0.15) is 17.1 Å². The van der Waals surface area contributed by atoms with Gasteiger partial charge < -0.3 is 9.52 Å². The Balaban J connectivity index is 2.02. The zero-order chi connectivity index (χ0) is 14.6. The molecule has 0 fully saturated rings. The molecule has 7 heteroatoms. The lowest BCUT2D eigenvalue weighted by Gasteiger charge is -2.05. The highest BCUT2D eigenvalue weighted by atomic mass is 32.2. The molecule has 0 aromatic carbocycles. The third-order valence-corrected chi connectivity index (χ3v) is 4.39. The zero-order valence-electron chi connectivity index (χ0n) is 11.0. The van der Waals surface area contributed by atoms with Crippen LogP contribution >= 0.6 is 0 Å². The Hall–Kier alpha value is -1.70. The third-order valence-electron chi connectivity index (χ3n) is 2.82. The van der Waals surface area contributed by atoms with Crippen molar-refractivity contribution in [1.29, 1.82) is 0 Å². The number of furan rings is 1. The summed E-state index contributed by atoms with van der Waals surface area (Å²) in [5, 5.41) is 8.95. The molecule has 0 unspecified atom stereocenters. The lowest BCUT2D eigenvalue weighted by Crippen LogP contribution is -2.26. The minimum Gasteiger partial charge on any atom is -0.462 e. The van der Waals surface area contributed by atoms with E-state index in [1.54, 1.807) is 19.3 Å². The maximum Gasteiger partial charge on any atom is 0.244 e. The summed E-state index contributed by atoms with van der Waals surface area (Å²) >= 11 is 0. The molecule has 0 saturated carbocycles. The van der Waals surface area contributed by atoms with E-state index in [2.05, 4.69) is 9.71 Å². The predicted octanol–water partition coefficient (Wildman–Crippen LogP) is 0.996. The van der Waals surface area contributed by atoms with Crippen LogP contribution in [0.15, 0.2) is 39.9 Å². The van der Waals surface area contributed by atoms with Crippen LogP contribution in [0.25, 0.3) is 0 Å². The van der Waals surface area contributed by atoms with Crippen molar-refractivity contribution in [3.63, 3.8) is 0 Å². The Morgan fingerprint density at radius 1 is 1.35 bits per heavy atom. The first kappa shape index (κ1) is 14.7. The summed E-state index contributed by atoms with van der Waals surface area (Å²) in [6.45, 7) is 1.51. The maximum absolute atomic E-state index is 12.1. The molecule has 2 N–H and O–H groups in total. The van der Waals surface area contributed by atoms with Gasteiger partial charge in [-0.1, -0.05) is 0 Å². The fourth-order valence-corrected chi connectivity index (χ4v) is 3.06. The molecular weight excluding hydrogens is 280 g/mol. The van der Waals surface area contributed by atoms with Crippen LogP contribution in [-0.2, 0) is 23.1 Å². The van der Waals surface area contributed by atoms with E-state index in [1.165, 1.54) is 6.07 Å². The number of aliphatic hydroxyl groups is 1. The summed E-state index contributed by atoms with van der Waals surface area (Å²) < 4.78 is 31.9. The van der Waals surface area contributed by atoms with E-state index >= 15 is 0 Å². The van der Waals surface area contributed by atoms with E-state index in [0.717, 1.165) is 5.56 Å². The van der Waals surface area contributed by atoms with Gasteiger partial charge in [0.2, 0.25) is 10.0 Å². The van der Waals surface area contributed by atoms with Crippen molar-refractivity contribution in [3.05, 3.63) is 47.7 Å². The molecule has 0 bridgehead atoms. The Morgan fingerprint density at radius 2 is 2.05 bits per heavy atom. The molecule has 2 heterocycles. The maximum atomic E-state index is 12.1. The van der Waals surface area contributed by atoms with Crippen LogP contribution in [0.3, 0.4) is 0 Å².